The van der Waals surface area contributed by atoms with Gasteiger partial charge in [-0.25, -0.2) is 4.98 Å². The fourth-order valence-corrected chi connectivity index (χ4v) is 2.82. The molecule has 0 bridgehead atoms. The molecule has 1 aromatic heterocycles. The summed E-state index contributed by atoms with van der Waals surface area (Å²) < 4.78 is 0. The summed E-state index contributed by atoms with van der Waals surface area (Å²) in [6.07, 6.45) is 5.65. The summed E-state index contributed by atoms with van der Waals surface area (Å²) in [5.41, 5.74) is 1.58. The Morgan fingerprint density at radius 2 is 2.00 bits per heavy atom. The van der Waals surface area contributed by atoms with E-state index in [2.05, 4.69) is 29.5 Å². The SMILES string of the molecule is CCCNc1cc(C(=O)NC2CCC(C)CC2)cc(C)n1. The van der Waals surface area contributed by atoms with E-state index in [0.717, 1.165) is 43.2 Å². The van der Waals surface area contributed by atoms with Crippen molar-refractivity contribution in [3.63, 3.8) is 0 Å². The van der Waals surface area contributed by atoms with Crippen molar-refractivity contribution in [1.82, 2.24) is 10.3 Å². The first-order valence-corrected chi connectivity index (χ1v) is 8.12. The second kappa shape index (κ2) is 7.43. The molecule has 1 fully saturated rings. The smallest absolute Gasteiger partial charge is 0.251 e. The highest BCUT2D eigenvalue weighted by Gasteiger charge is 2.20. The number of rotatable bonds is 5. The molecule has 2 rings (SSSR count). The summed E-state index contributed by atoms with van der Waals surface area (Å²) in [6, 6.07) is 4.04. The molecule has 21 heavy (non-hydrogen) atoms. The van der Waals surface area contributed by atoms with Gasteiger partial charge in [0.15, 0.2) is 0 Å². The number of hydrogen-bond acceptors (Lipinski definition) is 3. The summed E-state index contributed by atoms with van der Waals surface area (Å²) in [4.78, 5) is 16.8. The lowest BCUT2D eigenvalue weighted by Gasteiger charge is -2.27. The van der Waals surface area contributed by atoms with Gasteiger partial charge in [0.25, 0.3) is 5.91 Å². The van der Waals surface area contributed by atoms with E-state index in [1.807, 2.05) is 19.1 Å². The molecular formula is C17H27N3O. The molecule has 1 saturated carbocycles. The van der Waals surface area contributed by atoms with Crippen LogP contribution in [0.25, 0.3) is 0 Å². The number of nitrogens with zero attached hydrogens (tertiary/aromatic N) is 1. The molecule has 1 aliphatic rings. The fourth-order valence-electron chi connectivity index (χ4n) is 2.82. The van der Waals surface area contributed by atoms with Crippen LogP contribution in [0.1, 0.15) is 62.0 Å². The molecule has 1 aromatic rings. The number of anilines is 1. The van der Waals surface area contributed by atoms with Crippen LogP contribution in [0.15, 0.2) is 12.1 Å². The van der Waals surface area contributed by atoms with Gasteiger partial charge in [0.1, 0.15) is 5.82 Å². The minimum Gasteiger partial charge on any atom is -0.370 e. The number of pyridine rings is 1. The Kier molecular flexibility index (Phi) is 5.59. The molecule has 0 saturated heterocycles. The van der Waals surface area contributed by atoms with E-state index in [-0.39, 0.29) is 5.91 Å². The molecule has 1 amide bonds. The molecule has 4 heteroatoms. The van der Waals surface area contributed by atoms with Crippen LogP contribution in [0.3, 0.4) is 0 Å². The van der Waals surface area contributed by atoms with Gasteiger partial charge in [0, 0.05) is 23.8 Å². The molecule has 0 unspecified atom stereocenters. The zero-order chi connectivity index (χ0) is 15.2. The van der Waals surface area contributed by atoms with Crippen LogP contribution in [0.5, 0.6) is 0 Å². The lowest BCUT2D eigenvalue weighted by molar-refractivity contribution is 0.0923. The maximum Gasteiger partial charge on any atom is 0.251 e. The Morgan fingerprint density at radius 1 is 1.29 bits per heavy atom. The highest BCUT2D eigenvalue weighted by atomic mass is 16.1. The van der Waals surface area contributed by atoms with Gasteiger partial charge < -0.3 is 10.6 Å². The zero-order valence-electron chi connectivity index (χ0n) is 13.4. The number of carbonyl (C=O) groups is 1. The second-order valence-corrected chi connectivity index (χ2v) is 6.24. The van der Waals surface area contributed by atoms with Crippen molar-refractivity contribution in [2.75, 3.05) is 11.9 Å². The van der Waals surface area contributed by atoms with Crippen molar-refractivity contribution in [3.8, 4) is 0 Å². The van der Waals surface area contributed by atoms with Gasteiger partial charge >= 0.3 is 0 Å². The van der Waals surface area contributed by atoms with Crippen LogP contribution in [0, 0.1) is 12.8 Å². The Bertz CT molecular complexity index is 479. The minimum atomic E-state index is 0.0274. The van der Waals surface area contributed by atoms with Crippen molar-refractivity contribution in [2.45, 2.75) is 58.9 Å². The minimum absolute atomic E-state index is 0.0274. The van der Waals surface area contributed by atoms with Gasteiger partial charge in [-0.05, 0) is 57.1 Å². The molecule has 0 atom stereocenters. The van der Waals surface area contributed by atoms with E-state index in [9.17, 15) is 4.79 Å². The van der Waals surface area contributed by atoms with Gasteiger partial charge in [-0.15, -0.1) is 0 Å². The number of aromatic nitrogens is 1. The standard InChI is InChI=1S/C17H27N3O/c1-4-9-18-16-11-14(10-13(3)19-16)17(21)20-15-7-5-12(2)6-8-15/h10-12,15H,4-9H2,1-3H3,(H,18,19)(H,20,21). The molecule has 0 radical (unpaired) electrons. The van der Waals surface area contributed by atoms with Crippen molar-refractivity contribution in [1.29, 1.82) is 0 Å². The maximum absolute atomic E-state index is 12.4. The first-order valence-electron chi connectivity index (χ1n) is 8.12. The van der Waals surface area contributed by atoms with Crippen molar-refractivity contribution in [3.05, 3.63) is 23.4 Å². The lowest BCUT2D eigenvalue weighted by Crippen LogP contribution is -2.37. The van der Waals surface area contributed by atoms with Crippen LogP contribution < -0.4 is 10.6 Å². The topological polar surface area (TPSA) is 54.0 Å². The maximum atomic E-state index is 12.4. The normalized spacial score (nSPS) is 21.9. The van der Waals surface area contributed by atoms with E-state index in [1.54, 1.807) is 0 Å². The van der Waals surface area contributed by atoms with E-state index >= 15 is 0 Å². The summed E-state index contributed by atoms with van der Waals surface area (Å²) in [5.74, 6) is 1.62. The number of amides is 1. The van der Waals surface area contributed by atoms with Crippen molar-refractivity contribution < 1.29 is 4.79 Å². The Labute approximate surface area is 127 Å². The zero-order valence-corrected chi connectivity index (χ0v) is 13.4. The molecule has 4 nitrogen and oxygen atoms in total. The third-order valence-electron chi connectivity index (χ3n) is 4.12. The van der Waals surface area contributed by atoms with Crippen molar-refractivity contribution in [2.24, 2.45) is 5.92 Å². The van der Waals surface area contributed by atoms with Crippen LogP contribution in [-0.4, -0.2) is 23.5 Å². The molecule has 0 spiro atoms. The van der Waals surface area contributed by atoms with Crippen molar-refractivity contribution >= 4 is 11.7 Å². The highest BCUT2D eigenvalue weighted by Crippen LogP contribution is 2.23. The molecule has 2 N–H and O–H groups in total. The van der Waals surface area contributed by atoms with E-state index in [0.29, 0.717) is 11.6 Å². The summed E-state index contributed by atoms with van der Waals surface area (Å²) in [6.45, 7) is 7.20. The summed E-state index contributed by atoms with van der Waals surface area (Å²) in [5, 5.41) is 6.42. The van der Waals surface area contributed by atoms with E-state index in [4.69, 9.17) is 0 Å². The lowest BCUT2D eigenvalue weighted by atomic mass is 9.87. The largest absolute Gasteiger partial charge is 0.370 e. The Morgan fingerprint density at radius 3 is 2.67 bits per heavy atom. The van der Waals surface area contributed by atoms with Gasteiger partial charge in [-0.3, -0.25) is 4.79 Å². The number of nitrogens with one attached hydrogen (secondary N) is 2. The second-order valence-electron chi connectivity index (χ2n) is 6.24. The molecule has 116 valence electrons. The molecule has 0 aromatic carbocycles. The van der Waals surface area contributed by atoms with Gasteiger partial charge in [0.05, 0.1) is 0 Å². The molecule has 1 heterocycles. The predicted molar refractivity (Wildman–Crippen MR) is 86.6 cm³/mol. The molecular weight excluding hydrogens is 262 g/mol. The highest BCUT2D eigenvalue weighted by molar-refractivity contribution is 5.95. The van der Waals surface area contributed by atoms with Gasteiger partial charge in [0.2, 0.25) is 0 Å². The van der Waals surface area contributed by atoms with Gasteiger partial charge in [-0.2, -0.15) is 0 Å². The van der Waals surface area contributed by atoms with Crippen LogP contribution in [0.2, 0.25) is 0 Å². The third-order valence-corrected chi connectivity index (χ3v) is 4.12. The first-order chi connectivity index (χ1) is 10.1. The first kappa shape index (κ1) is 15.8. The quantitative estimate of drug-likeness (QED) is 0.872. The Balaban J connectivity index is 1.99. The number of aryl methyl sites for hydroxylation is 1. The third kappa shape index (κ3) is 4.73. The van der Waals surface area contributed by atoms with E-state index in [1.165, 1.54) is 12.8 Å². The van der Waals surface area contributed by atoms with Crippen LogP contribution >= 0.6 is 0 Å². The van der Waals surface area contributed by atoms with Crippen LogP contribution in [-0.2, 0) is 0 Å². The van der Waals surface area contributed by atoms with Crippen LogP contribution in [0.4, 0.5) is 5.82 Å². The fraction of sp³-hybridized carbons (Fsp3) is 0.647. The molecule has 0 aliphatic heterocycles. The van der Waals surface area contributed by atoms with E-state index < -0.39 is 0 Å². The summed E-state index contributed by atoms with van der Waals surface area (Å²) in [7, 11) is 0. The number of hydrogen-bond donors (Lipinski definition) is 2. The predicted octanol–water partition coefficient (Wildman–Crippen LogP) is 3.52. The molecule has 1 aliphatic carbocycles. The summed E-state index contributed by atoms with van der Waals surface area (Å²) >= 11 is 0. The average Bonchev–Trinajstić information content (AvgIpc) is 2.47. The Hall–Kier alpha value is -1.58. The average molecular weight is 289 g/mol. The number of carbonyl (C=O) groups excluding carboxylic acids is 1. The van der Waals surface area contributed by atoms with Gasteiger partial charge in [-0.1, -0.05) is 13.8 Å². The monoisotopic (exact) mass is 289 g/mol.